The van der Waals surface area contributed by atoms with E-state index in [0.29, 0.717) is 48.2 Å². The van der Waals surface area contributed by atoms with Gasteiger partial charge in [0.1, 0.15) is 0 Å². The van der Waals surface area contributed by atoms with Gasteiger partial charge in [-0.05, 0) is 64.9 Å². The molecule has 3 aromatic carbocycles. The largest absolute Gasteiger partial charge is 0.469 e. The number of fused-ring (bicyclic) bond motifs is 1. The van der Waals surface area contributed by atoms with Crippen molar-refractivity contribution in [3.8, 4) is 11.1 Å². The number of halogens is 3. The van der Waals surface area contributed by atoms with Gasteiger partial charge in [0.05, 0.1) is 12.7 Å². The van der Waals surface area contributed by atoms with Gasteiger partial charge in [0.15, 0.2) is 11.3 Å². The maximum Gasteiger partial charge on any atom is 0.416 e. The Kier molecular flexibility index (Phi) is 8.11. The number of ether oxygens (including phenoxy) is 1. The second kappa shape index (κ2) is 11.8. The molecule has 6 nitrogen and oxygen atoms in total. The minimum absolute atomic E-state index is 0.0246. The van der Waals surface area contributed by atoms with Crippen LogP contribution in [0.1, 0.15) is 51.9 Å². The van der Waals surface area contributed by atoms with Crippen molar-refractivity contribution in [3.63, 3.8) is 0 Å². The van der Waals surface area contributed by atoms with E-state index in [1.54, 1.807) is 47.5 Å². The van der Waals surface area contributed by atoms with Gasteiger partial charge < -0.3 is 9.64 Å². The average molecular weight is 575 g/mol. The third kappa shape index (κ3) is 5.77. The number of aliphatic imine (C=N–C) groups is 1. The molecular formula is C33H29F3N2O4. The Balaban J connectivity index is 1.40. The monoisotopic (exact) mass is 574 g/mol. The highest BCUT2D eigenvalue weighted by Gasteiger charge is 2.41. The maximum atomic E-state index is 14.2. The molecule has 9 heteroatoms. The summed E-state index contributed by atoms with van der Waals surface area (Å²) in [5, 5.41) is 0. The number of esters is 1. The molecular weight excluding hydrogens is 545 g/mol. The molecule has 0 radical (unpaired) electrons. The fourth-order valence-corrected chi connectivity index (χ4v) is 5.45. The van der Waals surface area contributed by atoms with Crippen molar-refractivity contribution in [2.45, 2.75) is 43.9 Å². The zero-order valence-electron chi connectivity index (χ0n) is 23.0. The number of rotatable bonds is 8. The van der Waals surface area contributed by atoms with Gasteiger partial charge in [-0.15, -0.1) is 0 Å². The number of ketones is 1. The Hall–Kier alpha value is -4.53. The number of allylic oxidation sites excluding steroid dienone is 1. The van der Waals surface area contributed by atoms with Crippen LogP contribution in [0.5, 0.6) is 0 Å². The number of carbonyl (C=O) groups is 3. The van der Waals surface area contributed by atoms with Crippen molar-refractivity contribution in [3.05, 3.63) is 107 Å². The first-order valence-electron chi connectivity index (χ1n) is 13.6. The van der Waals surface area contributed by atoms with Crippen LogP contribution in [-0.4, -0.2) is 42.4 Å². The lowest BCUT2D eigenvalue weighted by atomic mass is 9.80. The third-order valence-corrected chi connectivity index (χ3v) is 7.75. The normalized spacial score (nSPS) is 17.7. The summed E-state index contributed by atoms with van der Waals surface area (Å²) in [6.45, 7) is 0.952. The standard InChI is InChI=1S/C33H29F3N2O4/c1-42-30(40)9-4-8-29(39)38-19-16-23-20-26(15-12-24(23)21-38)32(17-5-18-37-32)31(41)28-7-3-2-6-27(28)22-10-13-25(14-11-22)33(34,35)36/h2-3,5-7,10-15,17-18,20H,4,8-9,16,19,21H2,1H3. The second-order valence-electron chi connectivity index (χ2n) is 10.3. The highest BCUT2D eigenvalue weighted by atomic mass is 19.4. The summed E-state index contributed by atoms with van der Waals surface area (Å²) in [6, 6.07) is 17.3. The molecule has 0 aliphatic carbocycles. The van der Waals surface area contributed by atoms with Crippen LogP contribution in [0.15, 0.2) is 83.9 Å². The van der Waals surface area contributed by atoms with Gasteiger partial charge in [-0.3, -0.25) is 19.4 Å². The van der Waals surface area contributed by atoms with E-state index in [4.69, 9.17) is 0 Å². The van der Waals surface area contributed by atoms with Crippen LogP contribution in [0.3, 0.4) is 0 Å². The number of alkyl halides is 3. The molecule has 5 rings (SSSR count). The van der Waals surface area contributed by atoms with Crippen LogP contribution >= 0.6 is 0 Å². The van der Waals surface area contributed by atoms with Crippen molar-refractivity contribution in [1.82, 2.24) is 4.90 Å². The molecule has 2 aliphatic rings. The van der Waals surface area contributed by atoms with Crippen molar-refractivity contribution in [1.29, 1.82) is 0 Å². The molecule has 0 N–H and O–H groups in total. The minimum atomic E-state index is -4.46. The fourth-order valence-electron chi connectivity index (χ4n) is 5.45. The van der Waals surface area contributed by atoms with Crippen molar-refractivity contribution in [2.75, 3.05) is 13.7 Å². The molecule has 0 spiro atoms. The maximum absolute atomic E-state index is 14.2. The van der Waals surface area contributed by atoms with Gasteiger partial charge >= 0.3 is 12.1 Å². The number of Topliss-reactive ketones (excluding diaryl/α,β-unsaturated/α-hetero) is 1. The van der Waals surface area contributed by atoms with Gasteiger partial charge in [-0.2, -0.15) is 13.2 Å². The SMILES string of the molecule is COC(=O)CCCC(=O)N1CCc2cc(C3(C(=O)c4ccccc4-c4ccc(C(F)(F)F)cc4)C=CC=N3)ccc2C1. The van der Waals surface area contributed by atoms with E-state index in [-0.39, 0.29) is 30.5 Å². The zero-order chi connectivity index (χ0) is 29.9. The molecule has 0 aromatic heterocycles. The predicted octanol–water partition coefficient (Wildman–Crippen LogP) is 6.32. The first kappa shape index (κ1) is 29.0. The molecule has 0 saturated heterocycles. The number of hydrogen-bond acceptors (Lipinski definition) is 5. The topological polar surface area (TPSA) is 76.0 Å². The molecule has 0 saturated carbocycles. The summed E-state index contributed by atoms with van der Waals surface area (Å²) in [6.07, 6.45) is 2.06. The average Bonchev–Trinajstić information content (AvgIpc) is 3.51. The van der Waals surface area contributed by atoms with Gasteiger partial charge in [0.2, 0.25) is 5.91 Å². The van der Waals surface area contributed by atoms with Crippen LogP contribution in [0, 0.1) is 0 Å². The molecule has 3 aromatic rings. The Morgan fingerprint density at radius 2 is 1.74 bits per heavy atom. The third-order valence-electron chi connectivity index (χ3n) is 7.75. The van der Waals surface area contributed by atoms with Crippen LogP contribution in [0.2, 0.25) is 0 Å². The number of methoxy groups -OCH3 is 1. The number of hydrogen-bond donors (Lipinski definition) is 0. The zero-order valence-corrected chi connectivity index (χ0v) is 23.0. The lowest BCUT2D eigenvalue weighted by Crippen LogP contribution is -2.36. The highest BCUT2D eigenvalue weighted by molar-refractivity contribution is 6.11. The van der Waals surface area contributed by atoms with Crippen LogP contribution in [0.25, 0.3) is 11.1 Å². The molecule has 1 amide bonds. The van der Waals surface area contributed by atoms with E-state index < -0.39 is 17.3 Å². The predicted molar refractivity (Wildman–Crippen MR) is 152 cm³/mol. The summed E-state index contributed by atoms with van der Waals surface area (Å²) < 4.78 is 44.0. The molecule has 2 heterocycles. The summed E-state index contributed by atoms with van der Waals surface area (Å²) in [7, 11) is 1.32. The van der Waals surface area contributed by atoms with Crippen LogP contribution < -0.4 is 0 Å². The first-order chi connectivity index (χ1) is 20.1. The highest BCUT2D eigenvalue weighted by Crippen LogP contribution is 2.39. The van der Waals surface area contributed by atoms with Gasteiger partial charge in [0.25, 0.3) is 0 Å². The Morgan fingerprint density at radius 3 is 2.43 bits per heavy atom. The van der Waals surface area contributed by atoms with E-state index in [0.717, 1.165) is 23.3 Å². The van der Waals surface area contributed by atoms with Crippen LogP contribution in [-0.2, 0) is 39.0 Å². The van der Waals surface area contributed by atoms with Gasteiger partial charge in [0, 0.05) is 37.7 Å². The molecule has 1 atom stereocenters. The summed E-state index contributed by atoms with van der Waals surface area (Å²) in [5.41, 5.74) is 1.96. The number of nitrogens with zero attached hydrogens (tertiary/aromatic N) is 2. The van der Waals surface area contributed by atoms with E-state index in [1.165, 1.54) is 19.2 Å². The second-order valence-corrected chi connectivity index (χ2v) is 10.3. The van der Waals surface area contributed by atoms with Crippen molar-refractivity contribution >= 4 is 23.9 Å². The number of amides is 1. The molecule has 1 unspecified atom stereocenters. The van der Waals surface area contributed by atoms with E-state index >= 15 is 0 Å². The first-order valence-corrected chi connectivity index (χ1v) is 13.6. The van der Waals surface area contributed by atoms with Crippen molar-refractivity contribution in [2.24, 2.45) is 4.99 Å². The summed E-state index contributed by atoms with van der Waals surface area (Å²) in [5.74, 6) is -0.655. The number of carbonyl (C=O) groups excluding carboxylic acids is 3. The van der Waals surface area contributed by atoms with E-state index in [2.05, 4.69) is 9.73 Å². The summed E-state index contributed by atoms with van der Waals surface area (Å²) >= 11 is 0. The Morgan fingerprint density at radius 1 is 0.976 bits per heavy atom. The number of benzene rings is 3. The Bertz CT molecular complexity index is 1560. The fraction of sp³-hybridized carbons (Fsp3) is 0.273. The minimum Gasteiger partial charge on any atom is -0.469 e. The van der Waals surface area contributed by atoms with Gasteiger partial charge in [-0.1, -0.05) is 54.6 Å². The van der Waals surface area contributed by atoms with Gasteiger partial charge in [-0.25, -0.2) is 0 Å². The molecule has 0 bridgehead atoms. The van der Waals surface area contributed by atoms with E-state index in [1.807, 2.05) is 18.2 Å². The molecule has 2 aliphatic heterocycles. The molecule has 0 fully saturated rings. The van der Waals surface area contributed by atoms with Crippen LogP contribution in [0.4, 0.5) is 13.2 Å². The quantitative estimate of drug-likeness (QED) is 0.233. The smallest absolute Gasteiger partial charge is 0.416 e. The van der Waals surface area contributed by atoms with Crippen molar-refractivity contribution < 1.29 is 32.3 Å². The summed E-state index contributed by atoms with van der Waals surface area (Å²) in [4.78, 5) is 44.7. The lowest BCUT2D eigenvalue weighted by molar-refractivity contribution is -0.141. The van der Waals surface area contributed by atoms with E-state index in [9.17, 15) is 27.6 Å². The lowest BCUT2D eigenvalue weighted by Gasteiger charge is -2.31. The molecule has 216 valence electrons. The Labute approximate surface area is 241 Å². The molecule has 42 heavy (non-hydrogen) atoms.